The van der Waals surface area contributed by atoms with E-state index < -0.39 is 0 Å². The maximum absolute atomic E-state index is 12.3. The van der Waals surface area contributed by atoms with Crippen LogP contribution in [0.4, 0.5) is 5.13 Å². The smallest absolute Gasteiger partial charge is 0.230 e. The summed E-state index contributed by atoms with van der Waals surface area (Å²) in [4.78, 5) is 18.2. The highest BCUT2D eigenvalue weighted by Gasteiger charge is 2.12. The maximum Gasteiger partial charge on any atom is 0.230 e. The van der Waals surface area contributed by atoms with Gasteiger partial charge in [0.1, 0.15) is 0 Å². The van der Waals surface area contributed by atoms with Gasteiger partial charge in [-0.2, -0.15) is 0 Å². The molecule has 0 radical (unpaired) electrons. The molecule has 0 aliphatic rings. The summed E-state index contributed by atoms with van der Waals surface area (Å²) in [6.07, 6.45) is 0.365. The van der Waals surface area contributed by atoms with Crippen LogP contribution in [0, 0.1) is 0 Å². The van der Waals surface area contributed by atoms with Crippen LogP contribution >= 0.6 is 23.1 Å². The second-order valence-electron chi connectivity index (χ2n) is 6.17. The summed E-state index contributed by atoms with van der Waals surface area (Å²) in [7, 11) is 0. The first kappa shape index (κ1) is 18.0. The third-order valence-corrected chi connectivity index (χ3v) is 5.75. The predicted molar refractivity (Wildman–Crippen MR) is 109 cm³/mol. The van der Waals surface area contributed by atoms with E-state index in [0.717, 1.165) is 21.5 Å². The molecule has 0 bridgehead atoms. The van der Waals surface area contributed by atoms with E-state index in [1.165, 1.54) is 21.8 Å². The summed E-state index contributed by atoms with van der Waals surface area (Å²) in [5.74, 6) is 1.44. The molecule has 0 spiro atoms. The van der Waals surface area contributed by atoms with Gasteiger partial charge in [0, 0.05) is 4.90 Å². The first-order chi connectivity index (χ1) is 12.1. The number of carbonyl (C=O) groups is 1. The molecule has 1 N–H and O–H groups in total. The highest BCUT2D eigenvalue weighted by molar-refractivity contribution is 7.99. The lowest BCUT2D eigenvalue weighted by molar-refractivity contribution is -0.115. The van der Waals surface area contributed by atoms with Crippen LogP contribution in [-0.4, -0.2) is 16.6 Å². The lowest BCUT2D eigenvalue weighted by atomic mass is 10.0. The fraction of sp³-hybridized carbons (Fsp3) is 0.300. The standard InChI is InChI=1S/C20H22N2OS2/c1-4-24-15-10-8-14(9-11-15)12-18(23)21-20-22-19-16(13(2)3)6-5-7-17(19)25-20/h5-11,13H,4,12H2,1-3H3,(H,21,22,23). The topological polar surface area (TPSA) is 42.0 Å². The number of nitrogens with zero attached hydrogens (tertiary/aromatic N) is 1. The molecular weight excluding hydrogens is 348 g/mol. The van der Waals surface area contributed by atoms with Gasteiger partial charge in [-0.15, -0.1) is 11.8 Å². The minimum Gasteiger partial charge on any atom is -0.302 e. The SMILES string of the molecule is CCSc1ccc(CC(=O)Nc2nc3c(C(C)C)cccc3s2)cc1. The van der Waals surface area contributed by atoms with Gasteiger partial charge < -0.3 is 5.32 Å². The second-order valence-corrected chi connectivity index (χ2v) is 8.54. The number of thioether (sulfide) groups is 1. The molecule has 1 amide bonds. The summed E-state index contributed by atoms with van der Waals surface area (Å²) in [6, 6.07) is 14.4. The van der Waals surface area contributed by atoms with E-state index in [1.54, 1.807) is 11.8 Å². The molecule has 3 aromatic rings. The van der Waals surface area contributed by atoms with E-state index in [9.17, 15) is 4.79 Å². The van der Waals surface area contributed by atoms with Crippen molar-refractivity contribution < 1.29 is 4.79 Å². The Labute approximate surface area is 156 Å². The molecule has 0 atom stereocenters. The van der Waals surface area contributed by atoms with Gasteiger partial charge in [0.05, 0.1) is 16.6 Å². The van der Waals surface area contributed by atoms with Gasteiger partial charge in [-0.05, 0) is 41.0 Å². The number of hydrogen-bond donors (Lipinski definition) is 1. The molecule has 0 unspecified atom stereocenters. The Morgan fingerprint density at radius 2 is 1.96 bits per heavy atom. The fourth-order valence-electron chi connectivity index (χ4n) is 2.71. The van der Waals surface area contributed by atoms with E-state index in [1.807, 2.05) is 12.1 Å². The summed E-state index contributed by atoms with van der Waals surface area (Å²) >= 11 is 3.33. The molecule has 0 fully saturated rings. The van der Waals surface area contributed by atoms with Crippen molar-refractivity contribution in [1.29, 1.82) is 0 Å². The van der Waals surface area contributed by atoms with Gasteiger partial charge in [-0.25, -0.2) is 4.98 Å². The zero-order valence-electron chi connectivity index (χ0n) is 14.7. The molecule has 0 aliphatic carbocycles. The normalized spacial score (nSPS) is 11.2. The van der Waals surface area contributed by atoms with Gasteiger partial charge in [-0.3, -0.25) is 4.79 Å². The van der Waals surface area contributed by atoms with Gasteiger partial charge in [0.25, 0.3) is 0 Å². The highest BCUT2D eigenvalue weighted by atomic mass is 32.2. The minimum atomic E-state index is -0.0268. The molecule has 2 aromatic carbocycles. The number of thiazole rings is 1. The van der Waals surface area contributed by atoms with Crippen molar-refractivity contribution in [2.24, 2.45) is 0 Å². The Bertz CT molecular complexity index is 869. The van der Waals surface area contributed by atoms with Crippen molar-refractivity contribution in [3.63, 3.8) is 0 Å². The van der Waals surface area contributed by atoms with Crippen molar-refractivity contribution in [2.75, 3.05) is 11.1 Å². The van der Waals surface area contributed by atoms with Crippen LogP contribution in [0.5, 0.6) is 0 Å². The van der Waals surface area contributed by atoms with Crippen LogP contribution in [-0.2, 0) is 11.2 Å². The number of carbonyl (C=O) groups excluding carboxylic acids is 1. The summed E-state index contributed by atoms with van der Waals surface area (Å²) in [5, 5.41) is 3.62. The van der Waals surface area contributed by atoms with E-state index in [-0.39, 0.29) is 5.91 Å². The summed E-state index contributed by atoms with van der Waals surface area (Å²) in [5.41, 5.74) is 3.24. The molecule has 25 heavy (non-hydrogen) atoms. The van der Waals surface area contributed by atoms with Crippen LogP contribution in [0.25, 0.3) is 10.2 Å². The summed E-state index contributed by atoms with van der Waals surface area (Å²) in [6.45, 7) is 6.45. The molecule has 1 aromatic heterocycles. The molecule has 0 saturated carbocycles. The molecular formula is C20H22N2OS2. The first-order valence-corrected chi connectivity index (χ1v) is 10.3. The quantitative estimate of drug-likeness (QED) is 0.565. The van der Waals surface area contributed by atoms with Crippen molar-refractivity contribution in [1.82, 2.24) is 4.98 Å². The van der Waals surface area contributed by atoms with Crippen LogP contribution in [0.1, 0.15) is 37.8 Å². The number of rotatable bonds is 6. The van der Waals surface area contributed by atoms with Gasteiger partial charge in [0.15, 0.2) is 5.13 Å². The monoisotopic (exact) mass is 370 g/mol. The summed E-state index contributed by atoms with van der Waals surface area (Å²) < 4.78 is 1.11. The maximum atomic E-state index is 12.3. The number of para-hydroxylation sites is 1. The van der Waals surface area contributed by atoms with Crippen molar-refractivity contribution in [3.05, 3.63) is 53.6 Å². The molecule has 1 heterocycles. The number of anilines is 1. The zero-order chi connectivity index (χ0) is 17.8. The largest absolute Gasteiger partial charge is 0.302 e. The van der Waals surface area contributed by atoms with Crippen LogP contribution < -0.4 is 5.32 Å². The Balaban J connectivity index is 1.70. The third-order valence-electron chi connectivity index (χ3n) is 3.92. The number of hydrogen-bond acceptors (Lipinski definition) is 4. The van der Waals surface area contributed by atoms with Crippen molar-refractivity contribution in [2.45, 2.75) is 38.0 Å². The van der Waals surface area contributed by atoms with E-state index in [4.69, 9.17) is 0 Å². The molecule has 3 nitrogen and oxygen atoms in total. The number of benzene rings is 2. The first-order valence-electron chi connectivity index (χ1n) is 8.48. The average Bonchev–Trinajstić information content (AvgIpc) is 2.98. The molecule has 130 valence electrons. The molecule has 3 rings (SSSR count). The van der Waals surface area contributed by atoms with Gasteiger partial charge in [0.2, 0.25) is 5.91 Å². The van der Waals surface area contributed by atoms with Crippen LogP contribution in [0.3, 0.4) is 0 Å². The lowest BCUT2D eigenvalue weighted by Crippen LogP contribution is -2.14. The van der Waals surface area contributed by atoms with Gasteiger partial charge in [-0.1, -0.05) is 56.4 Å². The second kappa shape index (κ2) is 8.02. The Hall–Kier alpha value is -1.85. The number of fused-ring (bicyclic) bond motifs is 1. The van der Waals surface area contributed by atoms with Crippen LogP contribution in [0.15, 0.2) is 47.4 Å². The van der Waals surface area contributed by atoms with Crippen molar-refractivity contribution >= 4 is 44.4 Å². The predicted octanol–water partition coefficient (Wildman–Crippen LogP) is 5.71. The van der Waals surface area contributed by atoms with E-state index >= 15 is 0 Å². The minimum absolute atomic E-state index is 0.0268. The fourth-order valence-corrected chi connectivity index (χ4v) is 4.29. The van der Waals surface area contributed by atoms with E-state index in [0.29, 0.717) is 17.5 Å². The Kier molecular flexibility index (Phi) is 5.76. The highest BCUT2D eigenvalue weighted by Crippen LogP contribution is 2.31. The van der Waals surface area contributed by atoms with E-state index in [2.05, 4.69) is 61.4 Å². The molecule has 0 aliphatic heterocycles. The Morgan fingerprint density at radius 3 is 2.64 bits per heavy atom. The van der Waals surface area contributed by atoms with Crippen LogP contribution in [0.2, 0.25) is 0 Å². The number of aromatic nitrogens is 1. The average molecular weight is 371 g/mol. The lowest BCUT2D eigenvalue weighted by Gasteiger charge is -2.05. The van der Waals surface area contributed by atoms with Crippen molar-refractivity contribution in [3.8, 4) is 0 Å². The molecule has 5 heteroatoms. The number of nitrogens with one attached hydrogen (secondary N) is 1. The number of amides is 1. The third kappa shape index (κ3) is 4.41. The molecule has 0 saturated heterocycles. The van der Waals surface area contributed by atoms with Gasteiger partial charge >= 0.3 is 0 Å². The zero-order valence-corrected chi connectivity index (χ0v) is 16.3. The Morgan fingerprint density at radius 1 is 1.20 bits per heavy atom.